The van der Waals surface area contributed by atoms with Crippen molar-refractivity contribution in [2.75, 3.05) is 0 Å². The van der Waals surface area contributed by atoms with E-state index in [0.717, 1.165) is 9.13 Å². The minimum Gasteiger partial charge on any atom is -0.327 e. The standard InChI is InChI=1S/C16H6F2N8/c1-21-14(22-2)16-24-11-9(18)12-10(8(17)13(11)26(16)4)23-15(25(12)3)7(5-19)6-20/h3-4H3. The van der Waals surface area contributed by atoms with Crippen molar-refractivity contribution >= 4 is 33.5 Å². The molecule has 0 saturated carbocycles. The zero-order valence-corrected chi connectivity index (χ0v) is 13.3. The summed E-state index contributed by atoms with van der Waals surface area (Å²) in [5.74, 6) is -2.28. The highest BCUT2D eigenvalue weighted by molar-refractivity contribution is 5.94. The van der Waals surface area contributed by atoms with Gasteiger partial charge >= 0.3 is 5.82 Å². The number of aryl methyl sites for hydroxylation is 2. The summed E-state index contributed by atoms with van der Waals surface area (Å²) in [5.41, 5.74) is -2.02. The van der Waals surface area contributed by atoms with Crippen molar-refractivity contribution in [1.82, 2.24) is 19.1 Å². The van der Waals surface area contributed by atoms with Crippen LogP contribution in [-0.4, -0.2) is 19.1 Å². The summed E-state index contributed by atoms with van der Waals surface area (Å²) in [6.07, 6.45) is 0. The van der Waals surface area contributed by atoms with Crippen molar-refractivity contribution in [3.8, 4) is 12.1 Å². The monoisotopic (exact) mass is 348 g/mol. The van der Waals surface area contributed by atoms with Crippen LogP contribution in [0.15, 0.2) is 0 Å². The summed E-state index contributed by atoms with van der Waals surface area (Å²) in [7, 11) is 2.69. The van der Waals surface area contributed by atoms with E-state index in [1.807, 2.05) is 0 Å². The van der Waals surface area contributed by atoms with Crippen LogP contribution < -0.4 is 11.0 Å². The number of hydrogen-bond acceptors (Lipinski definition) is 4. The van der Waals surface area contributed by atoms with Crippen molar-refractivity contribution in [2.45, 2.75) is 0 Å². The quantitative estimate of drug-likeness (QED) is 0.563. The molecule has 0 amide bonds. The molecule has 26 heavy (non-hydrogen) atoms. The van der Waals surface area contributed by atoms with Crippen LogP contribution in [0.25, 0.3) is 43.2 Å². The predicted octanol–water partition coefficient (Wildman–Crippen LogP) is 0.840. The van der Waals surface area contributed by atoms with Crippen LogP contribution in [-0.2, 0) is 14.1 Å². The maximum Gasteiger partial charge on any atom is 0.562 e. The number of hydrogen-bond donors (Lipinski definition) is 0. The summed E-state index contributed by atoms with van der Waals surface area (Å²) in [4.78, 5) is 13.8. The van der Waals surface area contributed by atoms with E-state index >= 15 is 8.78 Å². The fourth-order valence-electron chi connectivity index (χ4n) is 2.70. The summed E-state index contributed by atoms with van der Waals surface area (Å²) < 4.78 is 32.2. The van der Waals surface area contributed by atoms with E-state index in [1.165, 1.54) is 14.1 Å². The van der Waals surface area contributed by atoms with E-state index in [9.17, 15) is 0 Å². The molecule has 2 heterocycles. The fourth-order valence-corrected chi connectivity index (χ4v) is 2.70. The number of rotatable bonds is 0. The summed E-state index contributed by atoms with van der Waals surface area (Å²) in [6, 6.07) is 3.26. The highest BCUT2D eigenvalue weighted by atomic mass is 19.1. The van der Waals surface area contributed by atoms with E-state index in [4.69, 9.17) is 23.7 Å². The lowest BCUT2D eigenvalue weighted by Gasteiger charge is -2.01. The molecule has 0 atom stereocenters. The predicted molar refractivity (Wildman–Crippen MR) is 85.4 cm³/mol. The Bertz CT molecular complexity index is 1270. The number of halogens is 2. The van der Waals surface area contributed by atoms with Gasteiger partial charge in [-0.15, -0.1) is 0 Å². The number of benzene rings is 1. The average Bonchev–Trinajstić information content (AvgIpc) is 3.15. The highest BCUT2D eigenvalue weighted by Crippen LogP contribution is 2.27. The smallest absolute Gasteiger partial charge is 0.327 e. The molecule has 0 aliphatic heterocycles. The maximum atomic E-state index is 15.0. The first kappa shape index (κ1) is 16.6. The van der Waals surface area contributed by atoms with Crippen molar-refractivity contribution in [3.63, 3.8) is 0 Å². The minimum atomic E-state index is -0.927. The van der Waals surface area contributed by atoms with Gasteiger partial charge in [0.05, 0.1) is 0 Å². The summed E-state index contributed by atoms with van der Waals surface area (Å²) in [6.45, 7) is 14.0. The van der Waals surface area contributed by atoms with Crippen LogP contribution in [0.5, 0.6) is 0 Å². The molecule has 0 N–H and O–H groups in total. The Kier molecular flexibility index (Phi) is 3.61. The summed E-state index contributed by atoms with van der Waals surface area (Å²) in [5, 5.41) is 18.0. The van der Waals surface area contributed by atoms with Crippen molar-refractivity contribution < 1.29 is 8.78 Å². The average molecular weight is 348 g/mol. The number of aromatic nitrogens is 4. The van der Waals surface area contributed by atoms with Gasteiger partial charge in [-0.05, 0) is 0 Å². The Balaban J connectivity index is 2.70. The lowest BCUT2D eigenvalue weighted by atomic mass is 10.2. The molecule has 0 aliphatic carbocycles. The van der Waals surface area contributed by atoms with Gasteiger partial charge in [0.1, 0.15) is 47.3 Å². The molecule has 3 rings (SSSR count). The molecule has 2 aromatic heterocycles. The van der Waals surface area contributed by atoms with E-state index in [2.05, 4.69) is 19.7 Å². The number of nitriles is 2. The third kappa shape index (κ3) is 1.94. The van der Waals surface area contributed by atoms with Gasteiger partial charge in [-0.3, -0.25) is 0 Å². The second kappa shape index (κ2) is 5.66. The van der Waals surface area contributed by atoms with E-state index < -0.39 is 23.0 Å². The van der Waals surface area contributed by atoms with Gasteiger partial charge in [-0.2, -0.15) is 20.2 Å². The molecule has 3 aromatic rings. The molecule has 0 saturated heterocycles. The number of nitrogens with zero attached hydrogens (tertiary/aromatic N) is 8. The van der Waals surface area contributed by atoms with Crippen LogP contribution >= 0.6 is 0 Å². The fraction of sp³-hybridized carbons (Fsp3) is 0.125. The van der Waals surface area contributed by atoms with E-state index in [0.29, 0.717) is 0 Å². The van der Waals surface area contributed by atoms with Gasteiger partial charge in [0, 0.05) is 14.1 Å². The number of fused-ring (bicyclic) bond motifs is 2. The summed E-state index contributed by atoms with van der Waals surface area (Å²) >= 11 is 0. The molecule has 10 heteroatoms. The van der Waals surface area contributed by atoms with Gasteiger partial charge in [-0.1, -0.05) is 0 Å². The molecular weight excluding hydrogens is 342 g/mol. The van der Waals surface area contributed by atoms with Crippen LogP contribution in [0.2, 0.25) is 0 Å². The third-order valence-electron chi connectivity index (χ3n) is 3.88. The Hall–Kier alpha value is -4.28. The SMILES string of the molecule is [C-]#[N+]C([N+]#[C-])=c1nc2c(F)c3c(nc(=C(C#N)C#N)n3C)c(F)c2n1C. The first-order valence-corrected chi connectivity index (χ1v) is 6.90. The maximum absolute atomic E-state index is 15.0. The largest absolute Gasteiger partial charge is 0.562 e. The van der Waals surface area contributed by atoms with Crippen molar-refractivity contribution in [3.05, 3.63) is 45.4 Å². The van der Waals surface area contributed by atoms with Crippen molar-refractivity contribution in [2.24, 2.45) is 14.1 Å². The zero-order chi connectivity index (χ0) is 19.2. The second-order valence-corrected chi connectivity index (χ2v) is 5.16. The van der Waals surface area contributed by atoms with Crippen LogP contribution in [0.1, 0.15) is 0 Å². The molecule has 8 nitrogen and oxygen atoms in total. The number of imidazole rings is 2. The highest BCUT2D eigenvalue weighted by Gasteiger charge is 2.25. The van der Waals surface area contributed by atoms with E-state index in [1.54, 1.807) is 12.1 Å². The van der Waals surface area contributed by atoms with Gasteiger partial charge in [-0.25, -0.2) is 18.7 Å². The third-order valence-corrected chi connectivity index (χ3v) is 3.88. The lowest BCUT2D eigenvalue weighted by Crippen LogP contribution is -2.18. The molecule has 0 aliphatic rings. The van der Waals surface area contributed by atoms with Gasteiger partial charge in [0.2, 0.25) is 5.48 Å². The molecule has 124 valence electrons. The van der Waals surface area contributed by atoms with Gasteiger partial charge in [0.15, 0.2) is 22.7 Å². The van der Waals surface area contributed by atoms with Gasteiger partial charge < -0.3 is 9.13 Å². The van der Waals surface area contributed by atoms with Gasteiger partial charge in [0.25, 0.3) is 0 Å². The van der Waals surface area contributed by atoms with Crippen LogP contribution in [0, 0.1) is 47.4 Å². The minimum absolute atomic E-state index is 0.167. The second-order valence-electron chi connectivity index (χ2n) is 5.16. The lowest BCUT2D eigenvalue weighted by molar-refractivity contribution is 0.623. The molecule has 0 radical (unpaired) electrons. The molecule has 0 fully saturated rings. The first-order chi connectivity index (χ1) is 12.4. The Morgan fingerprint density at radius 3 is 1.77 bits per heavy atom. The molecule has 0 spiro atoms. The van der Waals surface area contributed by atoms with E-state index in [-0.39, 0.29) is 33.0 Å². The molecular formula is C16H6F2N8. The Morgan fingerprint density at radius 2 is 1.35 bits per heavy atom. The Labute approximate surface area is 144 Å². The zero-order valence-electron chi connectivity index (χ0n) is 13.3. The molecule has 0 bridgehead atoms. The normalized spacial score (nSPS) is 10.2. The first-order valence-electron chi connectivity index (χ1n) is 6.90. The molecule has 0 unspecified atom stereocenters. The van der Waals surface area contributed by atoms with Crippen LogP contribution in [0.3, 0.4) is 0 Å². The Morgan fingerprint density at radius 1 is 0.923 bits per heavy atom. The van der Waals surface area contributed by atoms with Crippen molar-refractivity contribution in [1.29, 1.82) is 10.5 Å². The van der Waals surface area contributed by atoms with Crippen LogP contribution in [0.4, 0.5) is 8.78 Å². The topological polar surface area (TPSA) is 91.9 Å². The molecule has 1 aromatic carbocycles.